The van der Waals surface area contributed by atoms with Crippen LogP contribution >= 0.6 is 0 Å². The fourth-order valence-electron chi connectivity index (χ4n) is 6.08. The second-order valence-corrected chi connectivity index (χ2v) is 11.0. The number of hydrogen-bond donors (Lipinski definition) is 2. The summed E-state index contributed by atoms with van der Waals surface area (Å²) in [7, 11) is 2.03. The molecule has 4 heterocycles. The number of nitrogens with zero attached hydrogens (tertiary/aromatic N) is 5. The van der Waals surface area contributed by atoms with E-state index in [9.17, 15) is 14.6 Å². The van der Waals surface area contributed by atoms with Crippen LogP contribution in [0.4, 0.5) is 14.6 Å². The van der Waals surface area contributed by atoms with Crippen LogP contribution in [0.2, 0.25) is 0 Å². The first-order valence-electron chi connectivity index (χ1n) is 14.3. The van der Waals surface area contributed by atoms with Crippen molar-refractivity contribution in [2.24, 2.45) is 0 Å². The van der Waals surface area contributed by atoms with E-state index < -0.39 is 17.7 Å². The summed E-state index contributed by atoms with van der Waals surface area (Å²) in [5.41, 5.74) is -0.0612. The number of aliphatic hydroxyl groups excluding tert-OH is 1. The molecule has 4 aromatic rings. The Balaban J connectivity index is 1.62. The highest BCUT2D eigenvalue weighted by molar-refractivity contribution is 6.04. The van der Waals surface area contributed by atoms with Crippen molar-refractivity contribution in [1.29, 1.82) is 0 Å². The van der Waals surface area contributed by atoms with Crippen molar-refractivity contribution in [3.8, 4) is 47.2 Å². The predicted octanol–water partition coefficient (Wildman–Crippen LogP) is 4.62. The van der Waals surface area contributed by atoms with Crippen molar-refractivity contribution < 1.29 is 23.7 Å². The number of aromatic nitrogens is 3. The number of phenolic OH excluding ortho intramolecular Hbond substituents is 1. The molecule has 43 heavy (non-hydrogen) atoms. The maximum Gasteiger partial charge on any atom is 0.319 e. The van der Waals surface area contributed by atoms with Gasteiger partial charge >= 0.3 is 6.01 Å². The van der Waals surface area contributed by atoms with E-state index >= 15 is 4.39 Å². The molecule has 2 atom stereocenters. The van der Waals surface area contributed by atoms with Crippen LogP contribution in [0.1, 0.15) is 43.9 Å². The Morgan fingerprint density at radius 2 is 1.91 bits per heavy atom. The highest BCUT2D eigenvalue weighted by Crippen LogP contribution is 2.40. The SMILES string of the molecule is C#Cc1c(F)ccc2cc(O)cc(-c3nc(C#CC)c4c(N5CCC[C@@H](O)C5)nc(OC[C@@H]5CCCN5C)nc4c3F)c12. The number of piperidine rings is 1. The average molecular weight is 584 g/mol. The molecule has 0 amide bonds. The Labute approximate surface area is 248 Å². The molecule has 2 aromatic heterocycles. The summed E-state index contributed by atoms with van der Waals surface area (Å²) < 4.78 is 37.7. The molecule has 6 rings (SSSR count). The van der Waals surface area contributed by atoms with Crippen LogP contribution < -0.4 is 9.64 Å². The van der Waals surface area contributed by atoms with Gasteiger partial charge in [-0.05, 0) is 75.7 Å². The molecule has 0 bridgehead atoms. The van der Waals surface area contributed by atoms with Gasteiger partial charge in [-0.1, -0.05) is 17.9 Å². The fourth-order valence-corrected chi connectivity index (χ4v) is 6.08. The maximum atomic E-state index is 16.8. The molecule has 0 spiro atoms. The van der Waals surface area contributed by atoms with Crippen molar-refractivity contribution >= 4 is 27.5 Å². The largest absolute Gasteiger partial charge is 0.508 e. The van der Waals surface area contributed by atoms with Gasteiger partial charge in [0.25, 0.3) is 0 Å². The molecule has 220 valence electrons. The summed E-state index contributed by atoms with van der Waals surface area (Å²) in [6.07, 6.45) is 8.49. The van der Waals surface area contributed by atoms with Crippen LogP contribution in [0.25, 0.3) is 32.9 Å². The van der Waals surface area contributed by atoms with E-state index in [1.54, 1.807) is 6.92 Å². The number of likely N-dealkylation sites (tertiary alicyclic amines) is 1. The number of anilines is 1. The van der Waals surface area contributed by atoms with E-state index in [-0.39, 0.29) is 56.6 Å². The molecule has 8 nitrogen and oxygen atoms in total. The summed E-state index contributed by atoms with van der Waals surface area (Å²) in [4.78, 5) is 17.9. The van der Waals surface area contributed by atoms with Crippen molar-refractivity contribution in [2.75, 3.05) is 38.2 Å². The summed E-state index contributed by atoms with van der Waals surface area (Å²) in [5.74, 6) is 6.88. The first kappa shape index (κ1) is 28.6. The molecule has 0 unspecified atom stereocenters. The van der Waals surface area contributed by atoms with Gasteiger partial charge in [0.15, 0.2) is 5.82 Å². The zero-order valence-corrected chi connectivity index (χ0v) is 24.0. The third-order valence-corrected chi connectivity index (χ3v) is 8.21. The first-order chi connectivity index (χ1) is 20.8. The van der Waals surface area contributed by atoms with E-state index in [2.05, 4.69) is 32.6 Å². The summed E-state index contributed by atoms with van der Waals surface area (Å²) in [5, 5.41) is 22.0. The minimum Gasteiger partial charge on any atom is -0.508 e. The van der Waals surface area contributed by atoms with Crippen molar-refractivity contribution in [3.05, 3.63) is 47.2 Å². The zero-order valence-electron chi connectivity index (χ0n) is 24.0. The lowest BCUT2D eigenvalue weighted by Gasteiger charge is -2.32. The number of fused-ring (bicyclic) bond motifs is 2. The minimum absolute atomic E-state index is 0.00885. The Hall–Kier alpha value is -4.51. The Morgan fingerprint density at radius 3 is 2.63 bits per heavy atom. The number of terminal acetylenes is 1. The molecule has 2 aliphatic rings. The van der Waals surface area contributed by atoms with Crippen LogP contribution in [-0.2, 0) is 0 Å². The molecule has 0 radical (unpaired) electrons. The Kier molecular flexibility index (Phi) is 7.74. The first-order valence-corrected chi connectivity index (χ1v) is 14.3. The lowest BCUT2D eigenvalue weighted by Crippen LogP contribution is -2.39. The molecular formula is C33H31F2N5O3. The van der Waals surface area contributed by atoms with E-state index in [4.69, 9.17) is 16.1 Å². The lowest BCUT2D eigenvalue weighted by atomic mass is 9.95. The predicted molar refractivity (Wildman–Crippen MR) is 161 cm³/mol. The van der Waals surface area contributed by atoms with E-state index in [1.165, 1.54) is 24.3 Å². The molecule has 2 saturated heterocycles. The monoisotopic (exact) mass is 583 g/mol. The summed E-state index contributed by atoms with van der Waals surface area (Å²) in [6, 6.07) is 5.57. The highest BCUT2D eigenvalue weighted by Gasteiger charge is 2.29. The number of rotatable bonds is 5. The van der Waals surface area contributed by atoms with Crippen LogP contribution in [0, 0.1) is 35.8 Å². The van der Waals surface area contributed by atoms with E-state index in [0.29, 0.717) is 43.7 Å². The third kappa shape index (κ3) is 5.29. The fraction of sp³-hybridized carbons (Fsp3) is 0.364. The van der Waals surface area contributed by atoms with Crippen molar-refractivity contribution in [1.82, 2.24) is 19.9 Å². The Bertz CT molecular complexity index is 1840. The van der Waals surface area contributed by atoms with Crippen LogP contribution in [-0.4, -0.2) is 75.5 Å². The molecule has 2 fully saturated rings. The molecule has 10 heteroatoms. The third-order valence-electron chi connectivity index (χ3n) is 8.21. The van der Waals surface area contributed by atoms with E-state index in [1.807, 2.05) is 11.9 Å². The molecule has 2 N–H and O–H groups in total. The number of halogens is 2. The van der Waals surface area contributed by atoms with Crippen LogP contribution in [0.3, 0.4) is 0 Å². The van der Waals surface area contributed by atoms with Crippen LogP contribution in [0.15, 0.2) is 24.3 Å². The topological polar surface area (TPSA) is 94.8 Å². The molecular weight excluding hydrogens is 552 g/mol. The summed E-state index contributed by atoms with van der Waals surface area (Å²) >= 11 is 0. The minimum atomic E-state index is -0.820. The van der Waals surface area contributed by atoms with Crippen molar-refractivity contribution in [2.45, 2.75) is 44.8 Å². The lowest BCUT2D eigenvalue weighted by molar-refractivity contribution is 0.153. The van der Waals surface area contributed by atoms with Gasteiger partial charge in [-0.2, -0.15) is 9.97 Å². The van der Waals surface area contributed by atoms with Crippen LogP contribution in [0.5, 0.6) is 11.8 Å². The van der Waals surface area contributed by atoms with Gasteiger partial charge < -0.3 is 24.7 Å². The number of β-amino-alcohol motifs (C(OH)–C–C–N with tert-alkyl or cyclic N) is 1. The number of hydrogen-bond acceptors (Lipinski definition) is 8. The Morgan fingerprint density at radius 1 is 1.09 bits per heavy atom. The molecule has 0 saturated carbocycles. The zero-order chi connectivity index (χ0) is 30.2. The maximum absolute atomic E-state index is 16.8. The van der Waals surface area contributed by atoms with Gasteiger partial charge in [0.1, 0.15) is 40.9 Å². The van der Waals surface area contributed by atoms with Crippen molar-refractivity contribution in [3.63, 3.8) is 0 Å². The number of ether oxygens (including phenoxy) is 1. The second kappa shape index (κ2) is 11.6. The number of benzene rings is 2. The number of likely N-dealkylation sites (N-methyl/N-ethyl adjacent to an activating group) is 1. The summed E-state index contributed by atoms with van der Waals surface area (Å²) in [6.45, 7) is 3.80. The van der Waals surface area contributed by atoms with Gasteiger partial charge in [-0.3, -0.25) is 0 Å². The van der Waals surface area contributed by atoms with E-state index in [0.717, 1.165) is 19.4 Å². The van der Waals surface area contributed by atoms with Gasteiger partial charge in [0.05, 0.1) is 17.1 Å². The van der Waals surface area contributed by atoms with Gasteiger partial charge in [0.2, 0.25) is 0 Å². The smallest absolute Gasteiger partial charge is 0.319 e. The number of aromatic hydroxyl groups is 1. The standard InChI is InChI=1S/C33H31F2N5O3/c1-4-8-26-28-31(29(35)30(36-26)24-16-22(42)15-19-11-12-25(34)23(5-2)27(19)24)37-33(43-18-20-9-6-13-39(20)3)38-32(28)40-14-7-10-21(41)17-40/h2,11-12,15-16,20-21,41-42H,6-7,9-10,13-14,17-18H2,1,3H3/t20-,21+/m0/s1. The highest BCUT2D eigenvalue weighted by atomic mass is 19.1. The number of phenols is 1. The van der Waals surface area contributed by atoms with Gasteiger partial charge in [0, 0.05) is 30.1 Å². The molecule has 2 aliphatic heterocycles. The average Bonchev–Trinajstić information content (AvgIpc) is 3.41. The molecule has 0 aliphatic carbocycles. The quantitative estimate of drug-likeness (QED) is 0.329. The number of pyridine rings is 1. The van der Waals surface area contributed by atoms with Gasteiger partial charge in [-0.15, -0.1) is 6.42 Å². The normalized spacial score (nSPS) is 18.9. The second-order valence-electron chi connectivity index (χ2n) is 11.0. The molecule has 2 aromatic carbocycles. The number of aliphatic hydroxyl groups is 1. The van der Waals surface area contributed by atoms with Gasteiger partial charge in [-0.25, -0.2) is 13.8 Å².